The van der Waals surface area contributed by atoms with Gasteiger partial charge in [-0.3, -0.25) is 4.79 Å². The lowest BCUT2D eigenvalue weighted by atomic mass is 9.99. The Morgan fingerprint density at radius 3 is 2.71 bits per heavy atom. The molecule has 144 valence electrons. The Morgan fingerprint density at radius 1 is 1.36 bits per heavy atom. The second kappa shape index (κ2) is 7.64. The Morgan fingerprint density at radius 2 is 2.11 bits per heavy atom. The van der Waals surface area contributed by atoms with Crippen LogP contribution in [0.25, 0.3) is 22.2 Å². The van der Waals surface area contributed by atoms with Crippen LogP contribution in [0.15, 0.2) is 30.3 Å². The second-order valence-electron chi connectivity index (χ2n) is 5.99. The number of halogens is 3. The summed E-state index contributed by atoms with van der Waals surface area (Å²) in [7, 11) is 0. The number of fused-ring (bicyclic) bond motifs is 1. The van der Waals surface area contributed by atoms with E-state index in [2.05, 4.69) is 15.8 Å². The zero-order valence-electron chi connectivity index (χ0n) is 14.9. The first-order valence-corrected chi connectivity index (χ1v) is 8.37. The van der Waals surface area contributed by atoms with E-state index in [1.54, 1.807) is 6.07 Å². The molecule has 3 aromatic rings. The highest BCUT2D eigenvalue weighted by molar-refractivity contribution is 6.05. The van der Waals surface area contributed by atoms with Crippen molar-refractivity contribution in [1.29, 1.82) is 0 Å². The summed E-state index contributed by atoms with van der Waals surface area (Å²) in [5.41, 5.74) is 6.73. The molecule has 0 radical (unpaired) electrons. The standard InChI is InChI=1S/C20H16F3N3O2/c1-3-7-26-18-15(8-11(4-2)9-16(18)28-20(22)23)17(25-26)14-10-12(21)5-6-13(14)19(24)27/h1,5-6,8-10,20H,4,7H2,2H3,(H2,24,27). The van der Waals surface area contributed by atoms with Crippen molar-refractivity contribution in [3.63, 3.8) is 0 Å². The Kier molecular flexibility index (Phi) is 5.27. The number of nitrogens with zero attached hydrogens (tertiary/aromatic N) is 2. The van der Waals surface area contributed by atoms with Crippen LogP contribution in [0.2, 0.25) is 0 Å². The first kappa shape index (κ1) is 19.3. The molecule has 0 saturated heterocycles. The van der Waals surface area contributed by atoms with Crippen LogP contribution < -0.4 is 10.5 Å². The Hall–Kier alpha value is -3.47. The highest BCUT2D eigenvalue weighted by Gasteiger charge is 2.22. The molecule has 1 heterocycles. The Bertz CT molecular complexity index is 1100. The summed E-state index contributed by atoms with van der Waals surface area (Å²) in [5, 5.41) is 4.75. The number of amides is 1. The minimum Gasteiger partial charge on any atom is -0.433 e. The molecule has 28 heavy (non-hydrogen) atoms. The van der Waals surface area contributed by atoms with Gasteiger partial charge in [-0.05, 0) is 42.3 Å². The van der Waals surface area contributed by atoms with Gasteiger partial charge in [-0.1, -0.05) is 12.8 Å². The van der Waals surface area contributed by atoms with E-state index >= 15 is 0 Å². The van der Waals surface area contributed by atoms with E-state index in [4.69, 9.17) is 12.2 Å². The molecule has 0 saturated carbocycles. The summed E-state index contributed by atoms with van der Waals surface area (Å²) < 4.78 is 45.8. The molecule has 3 rings (SSSR count). The minimum absolute atomic E-state index is 0.0389. The number of aryl methyl sites for hydroxylation is 1. The fourth-order valence-corrected chi connectivity index (χ4v) is 3.05. The number of hydrogen-bond acceptors (Lipinski definition) is 3. The molecule has 0 bridgehead atoms. The molecule has 1 aromatic heterocycles. The van der Waals surface area contributed by atoms with Crippen molar-refractivity contribution in [2.75, 3.05) is 0 Å². The van der Waals surface area contributed by atoms with Crippen molar-refractivity contribution in [3.8, 4) is 29.4 Å². The fraction of sp³-hybridized carbons (Fsp3) is 0.200. The molecule has 1 amide bonds. The van der Waals surface area contributed by atoms with Gasteiger partial charge in [-0.2, -0.15) is 13.9 Å². The zero-order valence-corrected chi connectivity index (χ0v) is 14.9. The maximum atomic E-state index is 13.9. The Labute approximate surface area is 158 Å². The van der Waals surface area contributed by atoms with E-state index in [0.29, 0.717) is 17.4 Å². The van der Waals surface area contributed by atoms with Crippen LogP contribution in [0.1, 0.15) is 22.8 Å². The number of carbonyl (C=O) groups excluding carboxylic acids is 1. The second-order valence-corrected chi connectivity index (χ2v) is 5.99. The van der Waals surface area contributed by atoms with Crippen LogP contribution >= 0.6 is 0 Å². The predicted octanol–water partition coefficient (Wildman–Crippen LogP) is 3.74. The maximum absolute atomic E-state index is 13.9. The van der Waals surface area contributed by atoms with Gasteiger partial charge in [-0.15, -0.1) is 6.42 Å². The van der Waals surface area contributed by atoms with Gasteiger partial charge in [0.15, 0.2) is 5.75 Å². The molecular formula is C20H16F3N3O2. The quantitative estimate of drug-likeness (QED) is 0.655. The van der Waals surface area contributed by atoms with Gasteiger partial charge in [0.1, 0.15) is 23.6 Å². The summed E-state index contributed by atoms with van der Waals surface area (Å²) >= 11 is 0. The lowest BCUT2D eigenvalue weighted by Gasteiger charge is -2.10. The zero-order chi connectivity index (χ0) is 20.4. The van der Waals surface area contributed by atoms with Crippen molar-refractivity contribution in [2.45, 2.75) is 26.5 Å². The van der Waals surface area contributed by atoms with Gasteiger partial charge in [0.2, 0.25) is 5.91 Å². The highest BCUT2D eigenvalue weighted by Crippen LogP contribution is 2.37. The van der Waals surface area contributed by atoms with E-state index < -0.39 is 18.3 Å². The van der Waals surface area contributed by atoms with E-state index in [0.717, 1.165) is 12.1 Å². The van der Waals surface area contributed by atoms with Gasteiger partial charge in [-0.25, -0.2) is 9.07 Å². The van der Waals surface area contributed by atoms with Crippen LogP contribution in [0.3, 0.4) is 0 Å². The molecule has 0 atom stereocenters. The van der Waals surface area contributed by atoms with Crippen molar-refractivity contribution in [3.05, 3.63) is 47.3 Å². The number of hydrogen-bond donors (Lipinski definition) is 1. The lowest BCUT2D eigenvalue weighted by Crippen LogP contribution is -2.12. The van der Waals surface area contributed by atoms with Crippen molar-refractivity contribution >= 4 is 16.8 Å². The third-order valence-corrected chi connectivity index (χ3v) is 4.24. The molecule has 2 N–H and O–H groups in total. The summed E-state index contributed by atoms with van der Waals surface area (Å²) in [6, 6.07) is 6.67. The minimum atomic E-state index is -3.05. The molecule has 0 unspecified atom stereocenters. The van der Waals surface area contributed by atoms with Gasteiger partial charge < -0.3 is 10.5 Å². The number of carbonyl (C=O) groups is 1. The number of benzene rings is 2. The fourth-order valence-electron chi connectivity index (χ4n) is 3.05. The number of aromatic nitrogens is 2. The number of nitrogens with two attached hydrogens (primary N) is 1. The van der Waals surface area contributed by atoms with E-state index in [1.807, 2.05) is 6.92 Å². The van der Waals surface area contributed by atoms with Crippen molar-refractivity contribution in [1.82, 2.24) is 9.78 Å². The smallest absolute Gasteiger partial charge is 0.387 e. The summed E-state index contributed by atoms with van der Waals surface area (Å²) in [6.45, 7) is -1.25. The number of ether oxygens (including phenoxy) is 1. The molecule has 8 heteroatoms. The molecule has 0 aliphatic rings. The summed E-state index contributed by atoms with van der Waals surface area (Å²) in [6.07, 6.45) is 5.90. The Balaban J connectivity index is 2.41. The summed E-state index contributed by atoms with van der Waals surface area (Å²) in [5.74, 6) is 0.915. The third-order valence-electron chi connectivity index (χ3n) is 4.24. The number of terminal acetylenes is 1. The van der Waals surface area contributed by atoms with E-state index in [1.165, 1.54) is 16.8 Å². The summed E-state index contributed by atoms with van der Waals surface area (Å²) in [4.78, 5) is 11.8. The average Bonchev–Trinajstić information content (AvgIpc) is 2.99. The third kappa shape index (κ3) is 3.51. The number of alkyl halides is 2. The van der Waals surface area contributed by atoms with Gasteiger partial charge >= 0.3 is 6.61 Å². The monoisotopic (exact) mass is 387 g/mol. The number of primary amides is 1. The van der Waals surface area contributed by atoms with Crippen LogP contribution in [0.4, 0.5) is 13.2 Å². The maximum Gasteiger partial charge on any atom is 0.387 e. The topological polar surface area (TPSA) is 70.1 Å². The molecule has 0 fully saturated rings. The lowest BCUT2D eigenvalue weighted by molar-refractivity contribution is -0.0490. The molecule has 0 aliphatic heterocycles. The molecule has 0 spiro atoms. The van der Waals surface area contributed by atoms with Gasteiger partial charge in [0.05, 0.1) is 0 Å². The normalized spacial score (nSPS) is 11.0. The van der Waals surface area contributed by atoms with Crippen molar-refractivity contribution < 1.29 is 22.7 Å². The predicted molar refractivity (Wildman–Crippen MR) is 98.5 cm³/mol. The number of rotatable bonds is 6. The largest absolute Gasteiger partial charge is 0.433 e. The average molecular weight is 387 g/mol. The van der Waals surface area contributed by atoms with Crippen LogP contribution in [-0.2, 0) is 13.0 Å². The SMILES string of the molecule is C#CCn1nc(-c2cc(F)ccc2C(N)=O)c2cc(CC)cc(OC(F)F)c21. The highest BCUT2D eigenvalue weighted by atomic mass is 19.3. The first-order chi connectivity index (χ1) is 13.3. The molecular weight excluding hydrogens is 371 g/mol. The van der Waals surface area contributed by atoms with E-state index in [9.17, 15) is 18.0 Å². The molecule has 2 aromatic carbocycles. The van der Waals surface area contributed by atoms with Crippen LogP contribution in [0.5, 0.6) is 5.75 Å². The molecule has 0 aliphatic carbocycles. The van der Waals surface area contributed by atoms with E-state index in [-0.39, 0.29) is 34.6 Å². The van der Waals surface area contributed by atoms with Crippen LogP contribution in [-0.4, -0.2) is 22.3 Å². The first-order valence-electron chi connectivity index (χ1n) is 8.37. The van der Waals surface area contributed by atoms with Crippen LogP contribution in [0, 0.1) is 18.2 Å². The van der Waals surface area contributed by atoms with Crippen molar-refractivity contribution in [2.24, 2.45) is 5.73 Å². The van der Waals surface area contributed by atoms with Gasteiger partial charge in [0.25, 0.3) is 0 Å². The van der Waals surface area contributed by atoms with Gasteiger partial charge in [0, 0.05) is 16.5 Å². The molecule has 5 nitrogen and oxygen atoms in total.